The van der Waals surface area contributed by atoms with Crippen LogP contribution in [-0.2, 0) is 16.0 Å². The topological polar surface area (TPSA) is 80.2 Å². The molecule has 6 nitrogen and oxygen atoms in total. The van der Waals surface area contributed by atoms with Crippen LogP contribution < -0.4 is 0 Å². The van der Waals surface area contributed by atoms with Gasteiger partial charge in [0.05, 0.1) is 12.5 Å². The van der Waals surface area contributed by atoms with Crippen molar-refractivity contribution >= 4 is 17.5 Å². The number of amides is 1. The number of nitrogens with zero attached hydrogens (tertiary/aromatic N) is 3. The quantitative estimate of drug-likeness (QED) is 0.671. The minimum Gasteiger partial charge on any atom is -0.327 e. The Hall–Kier alpha value is -2.11. The number of ketones is 2. The van der Waals surface area contributed by atoms with Crippen molar-refractivity contribution in [3.63, 3.8) is 0 Å². The molecule has 2 aliphatic rings. The van der Waals surface area contributed by atoms with Crippen LogP contribution in [-0.4, -0.2) is 44.9 Å². The molecule has 1 aromatic rings. The standard InChI is InChI=1S/C13H13N3O3/c17-9-1-2-10(11(18)5-9)16-4-3-8-6-14-7-15-12(8)13(16)19/h6-7,10H,1-5H2. The van der Waals surface area contributed by atoms with Gasteiger partial charge < -0.3 is 4.90 Å². The van der Waals surface area contributed by atoms with Crippen LogP contribution in [0.5, 0.6) is 0 Å². The lowest BCUT2D eigenvalue weighted by Gasteiger charge is -2.35. The van der Waals surface area contributed by atoms with Crippen LogP contribution in [0.2, 0.25) is 0 Å². The summed E-state index contributed by atoms with van der Waals surface area (Å²) in [4.78, 5) is 45.0. The highest BCUT2D eigenvalue weighted by molar-refractivity contribution is 6.06. The van der Waals surface area contributed by atoms with Gasteiger partial charge in [-0.25, -0.2) is 9.97 Å². The summed E-state index contributed by atoms with van der Waals surface area (Å²) < 4.78 is 0. The van der Waals surface area contributed by atoms with Gasteiger partial charge in [-0.05, 0) is 12.8 Å². The van der Waals surface area contributed by atoms with Gasteiger partial charge in [-0.15, -0.1) is 0 Å². The molecule has 3 rings (SSSR count). The van der Waals surface area contributed by atoms with Crippen molar-refractivity contribution in [2.45, 2.75) is 31.7 Å². The monoisotopic (exact) mass is 259 g/mol. The number of hydrogen-bond donors (Lipinski definition) is 0. The summed E-state index contributed by atoms with van der Waals surface area (Å²) in [6.07, 6.45) is 4.39. The fourth-order valence-corrected chi connectivity index (χ4v) is 2.70. The van der Waals surface area contributed by atoms with E-state index in [4.69, 9.17) is 0 Å². The van der Waals surface area contributed by atoms with Crippen molar-refractivity contribution in [3.8, 4) is 0 Å². The number of rotatable bonds is 1. The molecule has 1 amide bonds. The summed E-state index contributed by atoms with van der Waals surface area (Å²) >= 11 is 0. The molecule has 2 heterocycles. The van der Waals surface area contributed by atoms with Crippen molar-refractivity contribution in [2.75, 3.05) is 6.54 Å². The Morgan fingerprint density at radius 2 is 2.05 bits per heavy atom. The minimum atomic E-state index is -0.465. The van der Waals surface area contributed by atoms with Gasteiger partial charge in [-0.1, -0.05) is 0 Å². The van der Waals surface area contributed by atoms with E-state index in [1.54, 1.807) is 11.1 Å². The molecule has 1 saturated carbocycles. The van der Waals surface area contributed by atoms with Gasteiger partial charge in [0.25, 0.3) is 5.91 Å². The number of carbonyl (C=O) groups excluding carboxylic acids is 3. The molecule has 1 atom stereocenters. The number of Topliss-reactive ketones (excluding diaryl/α,β-unsaturated/α-hetero) is 2. The third-order valence-electron chi connectivity index (χ3n) is 3.69. The maximum atomic E-state index is 12.3. The highest BCUT2D eigenvalue weighted by Gasteiger charge is 2.37. The van der Waals surface area contributed by atoms with Crippen molar-refractivity contribution in [1.82, 2.24) is 14.9 Å². The van der Waals surface area contributed by atoms with E-state index in [1.807, 2.05) is 0 Å². The molecule has 1 unspecified atom stereocenters. The summed E-state index contributed by atoms with van der Waals surface area (Å²) in [6, 6.07) is -0.465. The predicted octanol–water partition coefficient (Wildman–Crippen LogP) is 0.166. The Labute approximate surface area is 109 Å². The molecule has 0 N–H and O–H groups in total. The molecule has 0 spiro atoms. The van der Waals surface area contributed by atoms with E-state index in [9.17, 15) is 14.4 Å². The van der Waals surface area contributed by atoms with Crippen LogP contribution in [0.1, 0.15) is 35.3 Å². The predicted molar refractivity (Wildman–Crippen MR) is 64.4 cm³/mol. The molecule has 6 heteroatoms. The van der Waals surface area contributed by atoms with Crippen LogP contribution in [0.3, 0.4) is 0 Å². The highest BCUT2D eigenvalue weighted by atomic mass is 16.2. The van der Waals surface area contributed by atoms with Crippen molar-refractivity contribution < 1.29 is 14.4 Å². The van der Waals surface area contributed by atoms with E-state index in [0.717, 1.165) is 5.56 Å². The van der Waals surface area contributed by atoms with E-state index in [-0.39, 0.29) is 23.9 Å². The Kier molecular flexibility index (Phi) is 2.85. The smallest absolute Gasteiger partial charge is 0.273 e. The van der Waals surface area contributed by atoms with Gasteiger partial charge >= 0.3 is 0 Å². The third-order valence-corrected chi connectivity index (χ3v) is 3.69. The van der Waals surface area contributed by atoms with Crippen LogP contribution in [0.25, 0.3) is 0 Å². The second-order valence-corrected chi connectivity index (χ2v) is 4.88. The van der Waals surface area contributed by atoms with E-state index in [0.29, 0.717) is 31.5 Å². The van der Waals surface area contributed by atoms with E-state index in [1.165, 1.54) is 6.33 Å². The molecular formula is C13H13N3O3. The van der Waals surface area contributed by atoms with E-state index >= 15 is 0 Å². The summed E-state index contributed by atoms with van der Waals surface area (Å²) in [7, 11) is 0. The average Bonchev–Trinajstić information content (AvgIpc) is 2.41. The second kappa shape index (κ2) is 4.53. The number of fused-ring (bicyclic) bond motifs is 1. The fraction of sp³-hybridized carbons (Fsp3) is 0.462. The molecule has 19 heavy (non-hydrogen) atoms. The summed E-state index contributed by atoms with van der Waals surface area (Å²) in [5.74, 6) is -0.410. The number of aromatic nitrogens is 2. The summed E-state index contributed by atoms with van der Waals surface area (Å²) in [6.45, 7) is 0.490. The Balaban J connectivity index is 1.86. The lowest BCUT2D eigenvalue weighted by Crippen LogP contribution is -2.50. The first-order valence-electron chi connectivity index (χ1n) is 6.31. The lowest BCUT2D eigenvalue weighted by molar-refractivity contribution is -0.133. The van der Waals surface area contributed by atoms with Crippen LogP contribution in [0.4, 0.5) is 0 Å². The zero-order chi connectivity index (χ0) is 13.4. The number of carbonyl (C=O) groups is 3. The van der Waals surface area contributed by atoms with Gasteiger partial charge in [0.2, 0.25) is 0 Å². The third kappa shape index (κ3) is 2.03. The van der Waals surface area contributed by atoms with Crippen LogP contribution in [0, 0.1) is 0 Å². The van der Waals surface area contributed by atoms with Crippen molar-refractivity contribution in [3.05, 3.63) is 23.8 Å². The molecule has 0 aromatic carbocycles. The van der Waals surface area contributed by atoms with Gasteiger partial charge in [0.15, 0.2) is 5.78 Å². The molecule has 1 aliphatic heterocycles. The maximum Gasteiger partial charge on any atom is 0.273 e. The van der Waals surface area contributed by atoms with Gasteiger partial charge in [-0.2, -0.15) is 0 Å². The molecule has 1 aliphatic carbocycles. The number of hydrogen-bond acceptors (Lipinski definition) is 5. The molecule has 1 aromatic heterocycles. The summed E-state index contributed by atoms with van der Waals surface area (Å²) in [5.41, 5.74) is 1.20. The Morgan fingerprint density at radius 1 is 1.21 bits per heavy atom. The SMILES string of the molecule is O=C1CCC(N2CCc3cncnc3C2=O)C(=O)C1. The second-order valence-electron chi connectivity index (χ2n) is 4.88. The van der Waals surface area contributed by atoms with Crippen LogP contribution in [0.15, 0.2) is 12.5 Å². The molecule has 0 saturated heterocycles. The maximum absolute atomic E-state index is 12.3. The van der Waals surface area contributed by atoms with Crippen molar-refractivity contribution in [1.29, 1.82) is 0 Å². The van der Waals surface area contributed by atoms with Crippen LogP contribution >= 0.6 is 0 Å². The van der Waals surface area contributed by atoms with Crippen molar-refractivity contribution in [2.24, 2.45) is 0 Å². The Morgan fingerprint density at radius 3 is 2.84 bits per heavy atom. The first-order chi connectivity index (χ1) is 9.16. The normalized spacial score (nSPS) is 23.5. The summed E-state index contributed by atoms with van der Waals surface area (Å²) in [5, 5.41) is 0. The zero-order valence-corrected chi connectivity index (χ0v) is 10.3. The minimum absolute atomic E-state index is 0.0339. The fourth-order valence-electron chi connectivity index (χ4n) is 2.70. The van der Waals surface area contributed by atoms with E-state index in [2.05, 4.69) is 9.97 Å². The molecule has 1 fully saturated rings. The zero-order valence-electron chi connectivity index (χ0n) is 10.3. The largest absolute Gasteiger partial charge is 0.327 e. The molecule has 0 bridgehead atoms. The van der Waals surface area contributed by atoms with E-state index < -0.39 is 6.04 Å². The first-order valence-corrected chi connectivity index (χ1v) is 6.31. The van der Waals surface area contributed by atoms with Gasteiger partial charge in [0, 0.05) is 24.7 Å². The Bertz CT molecular complexity index is 570. The molecular weight excluding hydrogens is 246 g/mol. The van der Waals surface area contributed by atoms with Gasteiger partial charge in [0.1, 0.15) is 17.8 Å². The highest BCUT2D eigenvalue weighted by Crippen LogP contribution is 2.23. The van der Waals surface area contributed by atoms with Gasteiger partial charge in [-0.3, -0.25) is 14.4 Å². The molecule has 0 radical (unpaired) electrons. The molecule has 98 valence electrons. The average molecular weight is 259 g/mol. The first kappa shape index (κ1) is 12.0. The lowest BCUT2D eigenvalue weighted by atomic mass is 9.90.